The molecule has 16 heavy (non-hydrogen) atoms. The number of rotatable bonds is 3. The second-order valence-electron chi connectivity index (χ2n) is 4.30. The van der Waals surface area contributed by atoms with Gasteiger partial charge in [0, 0.05) is 25.2 Å². The Morgan fingerprint density at radius 3 is 3.12 bits per heavy atom. The van der Waals surface area contributed by atoms with Crippen LogP contribution in [0.25, 0.3) is 0 Å². The SMILES string of the molecule is Cn1ccc(C(=O)NC2CCCC2CCl)n1. The number of carbonyl (C=O) groups is 1. The molecule has 2 rings (SSSR count). The lowest BCUT2D eigenvalue weighted by atomic mass is 10.1. The van der Waals surface area contributed by atoms with E-state index < -0.39 is 0 Å². The lowest BCUT2D eigenvalue weighted by molar-refractivity contribution is 0.0924. The summed E-state index contributed by atoms with van der Waals surface area (Å²) >= 11 is 5.87. The Bertz CT molecular complexity index is 377. The Balaban J connectivity index is 1.97. The van der Waals surface area contributed by atoms with E-state index in [1.807, 2.05) is 0 Å². The highest BCUT2D eigenvalue weighted by molar-refractivity contribution is 6.18. The Kier molecular flexibility index (Phi) is 3.49. The van der Waals surface area contributed by atoms with Crippen molar-refractivity contribution in [1.82, 2.24) is 15.1 Å². The molecule has 1 saturated carbocycles. The number of aromatic nitrogens is 2. The van der Waals surface area contributed by atoms with Gasteiger partial charge >= 0.3 is 0 Å². The van der Waals surface area contributed by atoms with E-state index in [4.69, 9.17) is 11.6 Å². The van der Waals surface area contributed by atoms with E-state index in [0.29, 0.717) is 17.5 Å². The first-order chi connectivity index (χ1) is 7.70. The first-order valence-corrected chi connectivity index (χ1v) is 6.10. The van der Waals surface area contributed by atoms with Crippen LogP contribution in [0.4, 0.5) is 0 Å². The first-order valence-electron chi connectivity index (χ1n) is 5.57. The number of hydrogen-bond donors (Lipinski definition) is 1. The van der Waals surface area contributed by atoms with Crippen LogP contribution in [-0.4, -0.2) is 27.6 Å². The normalized spacial score (nSPS) is 24.6. The van der Waals surface area contributed by atoms with Gasteiger partial charge in [0.25, 0.3) is 5.91 Å². The van der Waals surface area contributed by atoms with Crippen LogP contribution < -0.4 is 5.32 Å². The molecule has 1 aromatic rings. The number of nitrogens with one attached hydrogen (secondary N) is 1. The molecular formula is C11H16ClN3O. The van der Waals surface area contributed by atoms with E-state index in [1.54, 1.807) is 24.0 Å². The molecule has 1 aliphatic carbocycles. The van der Waals surface area contributed by atoms with Crippen LogP contribution in [-0.2, 0) is 7.05 Å². The molecule has 2 atom stereocenters. The van der Waals surface area contributed by atoms with Crippen LogP contribution in [0.15, 0.2) is 12.3 Å². The topological polar surface area (TPSA) is 46.9 Å². The number of nitrogens with zero attached hydrogens (tertiary/aromatic N) is 2. The molecule has 1 N–H and O–H groups in total. The second kappa shape index (κ2) is 4.87. The largest absolute Gasteiger partial charge is 0.348 e. The summed E-state index contributed by atoms with van der Waals surface area (Å²) < 4.78 is 1.63. The fourth-order valence-electron chi connectivity index (χ4n) is 2.19. The van der Waals surface area contributed by atoms with Gasteiger partial charge in [0.1, 0.15) is 5.69 Å². The van der Waals surface area contributed by atoms with Crippen LogP contribution >= 0.6 is 11.6 Å². The molecule has 1 aromatic heterocycles. The molecule has 0 aliphatic heterocycles. The van der Waals surface area contributed by atoms with Crippen molar-refractivity contribution in [2.75, 3.05) is 5.88 Å². The molecular weight excluding hydrogens is 226 g/mol. The minimum atomic E-state index is -0.0948. The number of hydrogen-bond acceptors (Lipinski definition) is 2. The Morgan fingerprint density at radius 1 is 1.69 bits per heavy atom. The molecule has 0 spiro atoms. The maximum atomic E-state index is 11.8. The number of halogens is 1. The minimum Gasteiger partial charge on any atom is -0.348 e. The third-order valence-electron chi connectivity index (χ3n) is 3.12. The van der Waals surface area contributed by atoms with Crippen LogP contribution in [0, 0.1) is 5.92 Å². The van der Waals surface area contributed by atoms with Crippen molar-refractivity contribution in [2.24, 2.45) is 13.0 Å². The van der Waals surface area contributed by atoms with E-state index in [2.05, 4.69) is 10.4 Å². The number of alkyl halides is 1. The monoisotopic (exact) mass is 241 g/mol. The van der Waals surface area contributed by atoms with Crippen LogP contribution in [0.1, 0.15) is 29.8 Å². The minimum absolute atomic E-state index is 0.0948. The molecule has 0 bridgehead atoms. The summed E-state index contributed by atoms with van der Waals surface area (Å²) in [5.74, 6) is 0.935. The molecule has 1 fully saturated rings. The summed E-state index contributed by atoms with van der Waals surface area (Å²) in [7, 11) is 1.80. The number of aryl methyl sites for hydroxylation is 1. The molecule has 0 aromatic carbocycles. The lowest BCUT2D eigenvalue weighted by Crippen LogP contribution is -2.38. The third kappa shape index (κ3) is 2.38. The third-order valence-corrected chi connectivity index (χ3v) is 3.52. The zero-order chi connectivity index (χ0) is 11.5. The van der Waals surface area contributed by atoms with Crippen molar-refractivity contribution in [1.29, 1.82) is 0 Å². The fourth-order valence-corrected chi connectivity index (χ4v) is 2.56. The molecule has 0 saturated heterocycles. The molecule has 0 radical (unpaired) electrons. The van der Waals surface area contributed by atoms with Gasteiger partial charge in [-0.15, -0.1) is 11.6 Å². The quantitative estimate of drug-likeness (QED) is 0.817. The number of carbonyl (C=O) groups excluding carboxylic acids is 1. The predicted molar refractivity (Wildman–Crippen MR) is 62.5 cm³/mol. The summed E-state index contributed by atoms with van der Waals surface area (Å²) in [5, 5.41) is 7.09. The van der Waals surface area contributed by atoms with Crippen molar-refractivity contribution in [3.8, 4) is 0 Å². The van der Waals surface area contributed by atoms with E-state index >= 15 is 0 Å². The van der Waals surface area contributed by atoms with Gasteiger partial charge in [-0.05, 0) is 24.8 Å². The van der Waals surface area contributed by atoms with Crippen LogP contribution in [0.3, 0.4) is 0 Å². The van der Waals surface area contributed by atoms with E-state index in [1.165, 1.54) is 0 Å². The highest BCUT2D eigenvalue weighted by Crippen LogP contribution is 2.26. The fraction of sp³-hybridized carbons (Fsp3) is 0.636. The van der Waals surface area contributed by atoms with Crippen LogP contribution in [0.2, 0.25) is 0 Å². The lowest BCUT2D eigenvalue weighted by Gasteiger charge is -2.17. The first kappa shape index (κ1) is 11.5. The Labute approximate surface area is 100.0 Å². The summed E-state index contributed by atoms with van der Waals surface area (Å²) in [5.41, 5.74) is 0.475. The number of amides is 1. The van der Waals surface area contributed by atoms with Gasteiger partial charge < -0.3 is 5.32 Å². The smallest absolute Gasteiger partial charge is 0.272 e. The zero-order valence-electron chi connectivity index (χ0n) is 9.32. The Hall–Kier alpha value is -1.03. The summed E-state index contributed by atoms with van der Waals surface area (Å²) in [6, 6.07) is 1.94. The van der Waals surface area contributed by atoms with Gasteiger partial charge in [-0.2, -0.15) is 5.10 Å². The average Bonchev–Trinajstić information content (AvgIpc) is 2.86. The maximum absolute atomic E-state index is 11.8. The molecule has 1 amide bonds. The zero-order valence-corrected chi connectivity index (χ0v) is 10.1. The summed E-state index contributed by atoms with van der Waals surface area (Å²) in [6.07, 6.45) is 5.04. The van der Waals surface area contributed by atoms with Crippen molar-refractivity contribution in [2.45, 2.75) is 25.3 Å². The molecule has 5 heteroatoms. The molecule has 2 unspecified atom stereocenters. The molecule has 88 valence electrons. The second-order valence-corrected chi connectivity index (χ2v) is 4.61. The van der Waals surface area contributed by atoms with Gasteiger partial charge in [0.2, 0.25) is 0 Å². The summed E-state index contributed by atoms with van der Waals surface area (Å²) in [4.78, 5) is 11.8. The summed E-state index contributed by atoms with van der Waals surface area (Å²) in [6.45, 7) is 0. The van der Waals surface area contributed by atoms with Gasteiger partial charge in [-0.1, -0.05) is 6.42 Å². The predicted octanol–water partition coefficient (Wildman–Crippen LogP) is 1.56. The van der Waals surface area contributed by atoms with E-state index in [0.717, 1.165) is 19.3 Å². The van der Waals surface area contributed by atoms with Gasteiger partial charge in [0.15, 0.2) is 0 Å². The Morgan fingerprint density at radius 2 is 2.50 bits per heavy atom. The molecule has 4 nitrogen and oxygen atoms in total. The standard InChI is InChI=1S/C11H16ClN3O/c1-15-6-5-10(14-15)11(16)13-9-4-2-3-8(9)7-12/h5-6,8-9H,2-4,7H2,1H3,(H,13,16). The van der Waals surface area contributed by atoms with Gasteiger partial charge in [-0.25, -0.2) is 0 Å². The van der Waals surface area contributed by atoms with E-state index in [-0.39, 0.29) is 11.9 Å². The molecule has 1 heterocycles. The maximum Gasteiger partial charge on any atom is 0.272 e. The van der Waals surface area contributed by atoms with Gasteiger partial charge in [0.05, 0.1) is 0 Å². The highest BCUT2D eigenvalue weighted by Gasteiger charge is 2.28. The highest BCUT2D eigenvalue weighted by atomic mass is 35.5. The van der Waals surface area contributed by atoms with Crippen LogP contribution in [0.5, 0.6) is 0 Å². The average molecular weight is 242 g/mol. The van der Waals surface area contributed by atoms with Crippen molar-refractivity contribution in [3.05, 3.63) is 18.0 Å². The molecule has 1 aliphatic rings. The van der Waals surface area contributed by atoms with Crippen molar-refractivity contribution < 1.29 is 4.79 Å². The van der Waals surface area contributed by atoms with Crippen molar-refractivity contribution in [3.63, 3.8) is 0 Å². The van der Waals surface area contributed by atoms with Gasteiger partial charge in [-0.3, -0.25) is 9.48 Å². The van der Waals surface area contributed by atoms with E-state index in [9.17, 15) is 4.79 Å². The van der Waals surface area contributed by atoms with Crippen molar-refractivity contribution >= 4 is 17.5 Å².